The SMILES string of the molecule is CN(CC(=O)N1CCN(Cc2ccncc2)CC1)C1=NS(=O)(=O)c2ccccc21. The zero-order chi connectivity index (χ0) is 20.4. The maximum absolute atomic E-state index is 12.8. The van der Waals surface area contributed by atoms with Crippen LogP contribution in [0, 0.1) is 0 Å². The molecule has 0 bridgehead atoms. The molecule has 2 aromatic rings. The van der Waals surface area contributed by atoms with Gasteiger partial charge in [0.2, 0.25) is 5.91 Å². The summed E-state index contributed by atoms with van der Waals surface area (Å²) in [5, 5.41) is 0. The van der Waals surface area contributed by atoms with Crippen molar-refractivity contribution >= 4 is 21.8 Å². The number of carbonyl (C=O) groups is 1. The van der Waals surface area contributed by atoms with Crippen LogP contribution in [0.25, 0.3) is 0 Å². The van der Waals surface area contributed by atoms with Crippen molar-refractivity contribution in [2.24, 2.45) is 4.40 Å². The number of piperazine rings is 1. The first kappa shape index (κ1) is 19.5. The van der Waals surface area contributed by atoms with Crippen LogP contribution in [0.15, 0.2) is 58.1 Å². The Labute approximate surface area is 170 Å². The molecular weight excluding hydrogens is 390 g/mol. The van der Waals surface area contributed by atoms with Gasteiger partial charge in [-0.15, -0.1) is 4.40 Å². The molecule has 29 heavy (non-hydrogen) atoms. The number of sulfonamides is 1. The van der Waals surface area contributed by atoms with E-state index in [1.54, 1.807) is 48.6 Å². The van der Waals surface area contributed by atoms with Gasteiger partial charge >= 0.3 is 0 Å². The topological polar surface area (TPSA) is 86.2 Å². The van der Waals surface area contributed by atoms with Gasteiger partial charge in [0.05, 0.1) is 6.54 Å². The minimum absolute atomic E-state index is 0.0273. The minimum Gasteiger partial charge on any atom is -0.349 e. The first-order valence-corrected chi connectivity index (χ1v) is 10.9. The normalized spacial score (nSPS) is 18.2. The largest absolute Gasteiger partial charge is 0.349 e. The fourth-order valence-electron chi connectivity index (χ4n) is 3.64. The molecule has 9 heteroatoms. The molecule has 8 nitrogen and oxygen atoms in total. The van der Waals surface area contributed by atoms with Gasteiger partial charge in [-0.05, 0) is 29.8 Å². The Morgan fingerprint density at radius 2 is 1.76 bits per heavy atom. The number of fused-ring (bicyclic) bond motifs is 1. The lowest BCUT2D eigenvalue weighted by atomic mass is 10.2. The lowest BCUT2D eigenvalue weighted by Crippen LogP contribution is -2.51. The molecule has 0 unspecified atom stereocenters. The van der Waals surface area contributed by atoms with Crippen molar-refractivity contribution in [2.75, 3.05) is 39.8 Å². The van der Waals surface area contributed by atoms with Gasteiger partial charge in [0.15, 0.2) is 5.84 Å². The number of amidine groups is 1. The molecule has 1 fully saturated rings. The Morgan fingerprint density at radius 3 is 2.48 bits per heavy atom. The summed E-state index contributed by atoms with van der Waals surface area (Å²) < 4.78 is 28.3. The second-order valence-corrected chi connectivity index (χ2v) is 8.83. The van der Waals surface area contributed by atoms with Crippen LogP contribution in [0.1, 0.15) is 11.1 Å². The lowest BCUT2D eigenvalue weighted by molar-refractivity contribution is -0.133. The Hall–Kier alpha value is -2.78. The number of amides is 1. The van der Waals surface area contributed by atoms with E-state index in [1.165, 1.54) is 5.56 Å². The Bertz CT molecular complexity index is 1030. The summed E-state index contributed by atoms with van der Waals surface area (Å²) in [7, 11) is -1.98. The number of aromatic nitrogens is 1. The fourth-order valence-corrected chi connectivity index (χ4v) is 4.89. The number of nitrogens with zero attached hydrogens (tertiary/aromatic N) is 5. The monoisotopic (exact) mass is 413 g/mol. The van der Waals surface area contributed by atoms with E-state index in [2.05, 4.69) is 14.3 Å². The quantitative estimate of drug-likeness (QED) is 0.737. The molecule has 0 atom stereocenters. The molecule has 1 aromatic carbocycles. The predicted molar refractivity (Wildman–Crippen MR) is 109 cm³/mol. The predicted octanol–water partition coefficient (Wildman–Crippen LogP) is 0.807. The number of pyridine rings is 1. The molecule has 4 rings (SSSR count). The second-order valence-electron chi connectivity index (χ2n) is 7.25. The van der Waals surface area contributed by atoms with Gasteiger partial charge in [-0.1, -0.05) is 12.1 Å². The molecule has 1 amide bonds. The second kappa shape index (κ2) is 7.92. The number of hydrogen-bond acceptors (Lipinski definition) is 6. The maximum Gasteiger partial charge on any atom is 0.285 e. The first-order chi connectivity index (χ1) is 13.9. The summed E-state index contributed by atoms with van der Waals surface area (Å²) in [5.41, 5.74) is 1.75. The lowest BCUT2D eigenvalue weighted by Gasteiger charge is -2.35. The average molecular weight is 414 g/mol. The standard InChI is InChI=1S/C20H23N5O3S/c1-23(20-17-4-2-3-5-18(17)29(27,28)22-20)15-19(26)25-12-10-24(11-13-25)14-16-6-8-21-9-7-16/h2-9H,10-15H2,1H3. The van der Waals surface area contributed by atoms with Crippen LogP contribution in [0.5, 0.6) is 0 Å². The smallest absolute Gasteiger partial charge is 0.285 e. The summed E-state index contributed by atoms with van der Waals surface area (Å²) in [4.78, 5) is 22.7. The van der Waals surface area contributed by atoms with Crippen LogP contribution in [0.2, 0.25) is 0 Å². The number of hydrogen-bond donors (Lipinski definition) is 0. The first-order valence-electron chi connectivity index (χ1n) is 9.48. The highest BCUT2D eigenvalue weighted by Crippen LogP contribution is 2.26. The molecule has 0 saturated carbocycles. The third-order valence-corrected chi connectivity index (χ3v) is 6.55. The summed E-state index contributed by atoms with van der Waals surface area (Å²) >= 11 is 0. The number of benzene rings is 1. The van der Waals surface area contributed by atoms with Crippen LogP contribution < -0.4 is 0 Å². The Morgan fingerprint density at radius 1 is 1.07 bits per heavy atom. The van der Waals surface area contributed by atoms with E-state index in [9.17, 15) is 13.2 Å². The molecule has 3 heterocycles. The molecule has 0 spiro atoms. The van der Waals surface area contributed by atoms with Gasteiger partial charge < -0.3 is 9.80 Å². The molecule has 0 aliphatic carbocycles. The molecule has 1 saturated heterocycles. The third-order valence-electron chi connectivity index (χ3n) is 5.23. The van der Waals surface area contributed by atoms with Crippen molar-refractivity contribution in [2.45, 2.75) is 11.4 Å². The van der Waals surface area contributed by atoms with Gasteiger partial charge in [-0.2, -0.15) is 8.42 Å². The summed E-state index contributed by atoms with van der Waals surface area (Å²) in [6.07, 6.45) is 3.57. The number of likely N-dealkylation sites (N-methyl/N-ethyl adjacent to an activating group) is 1. The van der Waals surface area contributed by atoms with Gasteiger partial charge in [0.25, 0.3) is 10.0 Å². The van der Waals surface area contributed by atoms with E-state index >= 15 is 0 Å². The number of rotatable bonds is 4. The van der Waals surface area contributed by atoms with Crippen molar-refractivity contribution in [3.8, 4) is 0 Å². The van der Waals surface area contributed by atoms with Crippen LogP contribution in [0.3, 0.4) is 0 Å². The van der Waals surface area contributed by atoms with E-state index in [1.807, 2.05) is 17.0 Å². The minimum atomic E-state index is -3.69. The van der Waals surface area contributed by atoms with Crippen molar-refractivity contribution < 1.29 is 13.2 Å². The summed E-state index contributed by atoms with van der Waals surface area (Å²) in [5.74, 6) is 0.297. The molecule has 0 radical (unpaired) electrons. The van der Waals surface area contributed by atoms with Crippen molar-refractivity contribution in [1.82, 2.24) is 19.7 Å². The molecule has 0 N–H and O–H groups in total. The maximum atomic E-state index is 12.8. The highest BCUT2D eigenvalue weighted by molar-refractivity contribution is 7.90. The Balaban J connectivity index is 1.35. The van der Waals surface area contributed by atoms with Gasteiger partial charge in [0.1, 0.15) is 4.90 Å². The number of carbonyl (C=O) groups excluding carboxylic acids is 1. The van der Waals surface area contributed by atoms with E-state index in [0.29, 0.717) is 24.5 Å². The molecule has 1 aromatic heterocycles. The fraction of sp³-hybridized carbons (Fsp3) is 0.350. The van der Waals surface area contributed by atoms with E-state index < -0.39 is 10.0 Å². The van der Waals surface area contributed by atoms with Gasteiger partial charge in [-0.3, -0.25) is 14.7 Å². The molecular formula is C20H23N5O3S. The van der Waals surface area contributed by atoms with Gasteiger partial charge in [-0.25, -0.2) is 0 Å². The zero-order valence-electron chi connectivity index (χ0n) is 16.2. The van der Waals surface area contributed by atoms with Crippen LogP contribution in [-0.2, 0) is 21.4 Å². The highest BCUT2D eigenvalue weighted by Gasteiger charge is 2.31. The molecule has 152 valence electrons. The average Bonchev–Trinajstić information content (AvgIpc) is 3.01. The van der Waals surface area contributed by atoms with E-state index in [-0.39, 0.29) is 17.3 Å². The van der Waals surface area contributed by atoms with Crippen LogP contribution in [0.4, 0.5) is 0 Å². The van der Waals surface area contributed by atoms with Crippen molar-refractivity contribution in [1.29, 1.82) is 0 Å². The Kier molecular flexibility index (Phi) is 5.33. The van der Waals surface area contributed by atoms with Crippen molar-refractivity contribution in [3.63, 3.8) is 0 Å². The van der Waals surface area contributed by atoms with E-state index in [4.69, 9.17) is 0 Å². The molecule has 2 aliphatic rings. The van der Waals surface area contributed by atoms with Crippen LogP contribution >= 0.6 is 0 Å². The summed E-state index contributed by atoms with van der Waals surface area (Å²) in [6.45, 7) is 3.84. The highest BCUT2D eigenvalue weighted by atomic mass is 32.2. The van der Waals surface area contributed by atoms with E-state index in [0.717, 1.165) is 19.6 Å². The zero-order valence-corrected chi connectivity index (χ0v) is 17.0. The van der Waals surface area contributed by atoms with Crippen LogP contribution in [-0.4, -0.2) is 79.6 Å². The summed E-state index contributed by atoms with van der Waals surface area (Å²) in [6, 6.07) is 10.7. The van der Waals surface area contributed by atoms with Crippen molar-refractivity contribution in [3.05, 3.63) is 59.9 Å². The third kappa shape index (κ3) is 4.15. The van der Waals surface area contributed by atoms with Gasteiger partial charge in [0, 0.05) is 57.7 Å². The molecule has 2 aliphatic heterocycles.